The second-order valence-corrected chi connectivity index (χ2v) is 9.95. The molecule has 0 aliphatic heterocycles. The Morgan fingerprint density at radius 2 is 1.63 bits per heavy atom. The molecule has 0 bridgehead atoms. The van der Waals surface area contributed by atoms with Crippen LogP contribution in [0, 0.1) is 13.8 Å². The average molecular weight is 430 g/mol. The highest BCUT2D eigenvalue weighted by Crippen LogP contribution is 2.23. The molecule has 2 aromatic carbocycles. The number of hydrogen-bond donors (Lipinski definition) is 2. The molecule has 0 saturated heterocycles. The van der Waals surface area contributed by atoms with Crippen molar-refractivity contribution in [3.63, 3.8) is 0 Å². The van der Waals surface area contributed by atoms with Gasteiger partial charge in [0.15, 0.2) is 0 Å². The summed E-state index contributed by atoms with van der Waals surface area (Å²) >= 11 is 0. The van der Waals surface area contributed by atoms with Gasteiger partial charge in [0.1, 0.15) is 0 Å². The molecule has 1 fully saturated rings. The molecule has 0 spiro atoms. The first-order chi connectivity index (χ1) is 14.1. The zero-order valence-corrected chi connectivity index (χ0v) is 18.5. The zero-order valence-electron chi connectivity index (χ0n) is 17.7. The Morgan fingerprint density at radius 1 is 1.00 bits per heavy atom. The third-order valence-electron chi connectivity index (χ3n) is 5.22. The summed E-state index contributed by atoms with van der Waals surface area (Å²) in [4.78, 5) is 24.8. The molecule has 0 atom stereocenters. The normalized spacial score (nSPS) is 13.9. The molecule has 0 heterocycles. The lowest BCUT2D eigenvalue weighted by molar-refractivity contribution is 0.0941. The van der Waals surface area contributed by atoms with Crippen molar-refractivity contribution in [2.45, 2.75) is 44.2 Å². The van der Waals surface area contributed by atoms with Crippen molar-refractivity contribution in [1.82, 2.24) is 14.9 Å². The molecule has 2 aromatic rings. The van der Waals surface area contributed by atoms with Crippen molar-refractivity contribution in [2.24, 2.45) is 0 Å². The summed E-state index contributed by atoms with van der Waals surface area (Å²) in [6.07, 6.45) is 2.07. The fourth-order valence-electron chi connectivity index (χ4n) is 2.98. The lowest BCUT2D eigenvalue weighted by Gasteiger charge is -2.16. The van der Waals surface area contributed by atoms with Gasteiger partial charge < -0.3 is 10.6 Å². The summed E-state index contributed by atoms with van der Waals surface area (Å²) in [6.45, 7) is 3.78. The van der Waals surface area contributed by atoms with Crippen LogP contribution in [0.4, 0.5) is 0 Å². The highest BCUT2D eigenvalue weighted by molar-refractivity contribution is 7.89. The number of rotatable bonds is 7. The van der Waals surface area contributed by atoms with E-state index in [-0.39, 0.29) is 23.3 Å². The Balaban J connectivity index is 1.70. The van der Waals surface area contributed by atoms with Crippen molar-refractivity contribution in [3.8, 4) is 0 Å². The maximum absolute atomic E-state index is 12.7. The number of nitrogens with one attached hydrogen (secondary N) is 2. The first-order valence-electron chi connectivity index (χ1n) is 9.81. The Labute approximate surface area is 177 Å². The number of carbonyl (C=O) groups excluding carboxylic acids is 2. The summed E-state index contributed by atoms with van der Waals surface area (Å²) in [5.41, 5.74) is 3.08. The van der Waals surface area contributed by atoms with Crippen LogP contribution >= 0.6 is 0 Å². The number of benzene rings is 2. The monoisotopic (exact) mass is 429 g/mol. The first kappa shape index (κ1) is 22.0. The van der Waals surface area contributed by atoms with Gasteiger partial charge in [-0.25, -0.2) is 12.7 Å². The van der Waals surface area contributed by atoms with Crippen LogP contribution in [0.3, 0.4) is 0 Å². The van der Waals surface area contributed by atoms with Crippen molar-refractivity contribution in [2.75, 3.05) is 14.1 Å². The minimum atomic E-state index is -3.65. The molecule has 160 valence electrons. The molecule has 0 aromatic heterocycles. The number of aryl methyl sites for hydroxylation is 1. The fourth-order valence-corrected chi connectivity index (χ4v) is 4.19. The van der Waals surface area contributed by atoms with E-state index in [1.54, 1.807) is 44.2 Å². The van der Waals surface area contributed by atoms with Crippen molar-refractivity contribution in [3.05, 3.63) is 64.2 Å². The van der Waals surface area contributed by atoms with Crippen LogP contribution in [-0.2, 0) is 16.6 Å². The van der Waals surface area contributed by atoms with Gasteiger partial charge in [-0.1, -0.05) is 12.1 Å². The third kappa shape index (κ3) is 4.88. The van der Waals surface area contributed by atoms with E-state index in [2.05, 4.69) is 10.6 Å². The van der Waals surface area contributed by atoms with Crippen LogP contribution in [0.15, 0.2) is 41.3 Å². The van der Waals surface area contributed by atoms with Crippen LogP contribution < -0.4 is 10.6 Å². The van der Waals surface area contributed by atoms with Crippen molar-refractivity contribution < 1.29 is 18.0 Å². The zero-order chi connectivity index (χ0) is 22.1. The van der Waals surface area contributed by atoms with Gasteiger partial charge in [0.05, 0.1) is 4.90 Å². The standard InChI is InChI=1S/C22H27N3O4S/c1-14-11-18(12-20(15(14)2)30(28,29)25(3)4)21(26)23-13-16-5-7-17(8-6-16)22(27)24-19-9-10-19/h5-8,11-12,19H,9-10,13H2,1-4H3,(H,23,26)(H,24,27). The van der Waals surface area contributed by atoms with Crippen LogP contribution in [0.2, 0.25) is 0 Å². The molecular formula is C22H27N3O4S. The average Bonchev–Trinajstić information content (AvgIpc) is 3.52. The highest BCUT2D eigenvalue weighted by Gasteiger charge is 2.24. The quantitative estimate of drug-likeness (QED) is 0.706. The Morgan fingerprint density at radius 3 is 2.20 bits per heavy atom. The van der Waals surface area contributed by atoms with E-state index in [1.165, 1.54) is 20.2 Å². The summed E-state index contributed by atoms with van der Waals surface area (Å²) in [5, 5.41) is 5.75. The van der Waals surface area contributed by atoms with Gasteiger partial charge >= 0.3 is 0 Å². The van der Waals surface area contributed by atoms with E-state index >= 15 is 0 Å². The SMILES string of the molecule is Cc1cc(C(=O)NCc2ccc(C(=O)NC3CC3)cc2)cc(S(=O)(=O)N(C)C)c1C. The summed E-state index contributed by atoms with van der Waals surface area (Å²) in [7, 11) is -0.728. The van der Waals surface area contributed by atoms with Crippen LogP contribution in [0.5, 0.6) is 0 Å². The Hall–Kier alpha value is -2.71. The predicted molar refractivity (Wildman–Crippen MR) is 115 cm³/mol. The van der Waals surface area contributed by atoms with Gasteiger partial charge in [-0.2, -0.15) is 0 Å². The fraction of sp³-hybridized carbons (Fsp3) is 0.364. The van der Waals surface area contributed by atoms with Gasteiger partial charge in [-0.05, 0) is 67.6 Å². The predicted octanol–water partition coefficient (Wildman–Crippen LogP) is 2.38. The van der Waals surface area contributed by atoms with Gasteiger partial charge in [-0.3, -0.25) is 9.59 Å². The van der Waals surface area contributed by atoms with E-state index in [0.29, 0.717) is 22.7 Å². The third-order valence-corrected chi connectivity index (χ3v) is 7.16. The minimum absolute atomic E-state index is 0.0853. The molecule has 0 radical (unpaired) electrons. The highest BCUT2D eigenvalue weighted by atomic mass is 32.2. The number of hydrogen-bond acceptors (Lipinski definition) is 4. The maximum Gasteiger partial charge on any atom is 0.251 e. The van der Waals surface area contributed by atoms with Gasteiger partial charge in [0.25, 0.3) is 11.8 Å². The Bertz CT molecular complexity index is 1070. The summed E-state index contributed by atoms with van der Waals surface area (Å²) < 4.78 is 26.3. The molecule has 1 aliphatic carbocycles. The van der Waals surface area contributed by atoms with E-state index < -0.39 is 10.0 Å². The van der Waals surface area contributed by atoms with E-state index in [4.69, 9.17) is 0 Å². The molecule has 7 nitrogen and oxygen atoms in total. The molecule has 1 aliphatic rings. The van der Waals surface area contributed by atoms with Crippen LogP contribution in [0.1, 0.15) is 50.2 Å². The lowest BCUT2D eigenvalue weighted by atomic mass is 10.1. The number of sulfonamides is 1. The largest absolute Gasteiger partial charge is 0.349 e. The first-order valence-corrected chi connectivity index (χ1v) is 11.3. The number of amides is 2. The lowest BCUT2D eigenvalue weighted by Crippen LogP contribution is -2.26. The molecular weight excluding hydrogens is 402 g/mol. The summed E-state index contributed by atoms with van der Waals surface area (Å²) in [6, 6.07) is 10.5. The van der Waals surface area contributed by atoms with E-state index in [9.17, 15) is 18.0 Å². The minimum Gasteiger partial charge on any atom is -0.349 e. The Kier molecular flexibility index (Phi) is 6.28. The van der Waals surface area contributed by atoms with Gasteiger partial charge in [-0.15, -0.1) is 0 Å². The topological polar surface area (TPSA) is 95.6 Å². The molecule has 30 heavy (non-hydrogen) atoms. The van der Waals surface area contributed by atoms with Crippen LogP contribution in [-0.4, -0.2) is 44.7 Å². The molecule has 2 N–H and O–H groups in total. The number of nitrogens with zero attached hydrogens (tertiary/aromatic N) is 1. The second-order valence-electron chi connectivity index (χ2n) is 7.83. The van der Waals surface area contributed by atoms with E-state index in [1.807, 2.05) is 0 Å². The smallest absolute Gasteiger partial charge is 0.251 e. The van der Waals surface area contributed by atoms with Crippen LogP contribution in [0.25, 0.3) is 0 Å². The van der Waals surface area contributed by atoms with Crippen molar-refractivity contribution >= 4 is 21.8 Å². The van der Waals surface area contributed by atoms with Crippen molar-refractivity contribution in [1.29, 1.82) is 0 Å². The van der Waals surface area contributed by atoms with E-state index in [0.717, 1.165) is 28.3 Å². The second kappa shape index (κ2) is 8.57. The van der Waals surface area contributed by atoms with Gasteiger partial charge in [0.2, 0.25) is 10.0 Å². The molecule has 0 unspecified atom stereocenters. The molecule has 2 amide bonds. The van der Waals surface area contributed by atoms with Gasteiger partial charge in [0, 0.05) is 37.8 Å². The number of carbonyl (C=O) groups is 2. The molecule has 3 rings (SSSR count). The summed E-state index contributed by atoms with van der Waals surface area (Å²) in [5.74, 6) is -0.443. The molecule has 1 saturated carbocycles. The maximum atomic E-state index is 12.7. The molecule has 8 heteroatoms.